The molecule has 10 nitrogen and oxygen atoms in total. The SMILES string of the molecule is [B][C@@H]1O[C@H](COP(C)(=O)O[C@H]2C(F)[C@@H](COP(O)(O)=S)O[C@H]2[B])C(OC(C)C)[C@@H]1O. The molecule has 0 aromatic rings. The average molecular weight is 488 g/mol. The predicted octanol–water partition coefficient (Wildman–Crippen LogP) is -0.284. The van der Waals surface area contributed by atoms with Crippen LogP contribution < -0.4 is 0 Å². The number of halogens is 1. The van der Waals surface area contributed by atoms with Crippen molar-refractivity contribution in [2.75, 3.05) is 19.9 Å². The maximum Gasteiger partial charge on any atom is 0.328 e. The summed E-state index contributed by atoms with van der Waals surface area (Å²) in [6.07, 6.45) is -7.65. The van der Waals surface area contributed by atoms with Gasteiger partial charge in [0.25, 0.3) is 0 Å². The molecule has 2 aliphatic heterocycles. The summed E-state index contributed by atoms with van der Waals surface area (Å²) in [4.78, 5) is 18.1. The van der Waals surface area contributed by atoms with Gasteiger partial charge in [-0.05, 0) is 25.7 Å². The minimum Gasteiger partial charge on any atom is -0.388 e. The van der Waals surface area contributed by atoms with Crippen LogP contribution in [0.15, 0.2) is 0 Å². The molecular formula is C14H25B2FO10P2S. The molecule has 0 saturated carbocycles. The van der Waals surface area contributed by atoms with Crippen LogP contribution in [0, 0.1) is 0 Å². The van der Waals surface area contributed by atoms with Gasteiger partial charge in [0.2, 0.25) is 0 Å². The molecular weight excluding hydrogens is 463 g/mol. The van der Waals surface area contributed by atoms with E-state index in [2.05, 4.69) is 16.3 Å². The smallest absolute Gasteiger partial charge is 0.328 e. The van der Waals surface area contributed by atoms with E-state index in [1.807, 2.05) is 0 Å². The van der Waals surface area contributed by atoms with Gasteiger partial charge in [-0.15, -0.1) is 0 Å². The minimum atomic E-state index is -4.01. The summed E-state index contributed by atoms with van der Waals surface area (Å²) in [5, 5.41) is 10.1. The Kier molecular flexibility index (Phi) is 9.54. The largest absolute Gasteiger partial charge is 0.388 e. The van der Waals surface area contributed by atoms with Gasteiger partial charge in [0, 0.05) is 18.7 Å². The zero-order chi connectivity index (χ0) is 22.9. The molecule has 0 aliphatic carbocycles. The molecule has 30 heavy (non-hydrogen) atoms. The first-order valence-corrected chi connectivity index (χ1v) is 13.7. The van der Waals surface area contributed by atoms with Crippen molar-refractivity contribution in [3.05, 3.63) is 0 Å². The zero-order valence-corrected chi connectivity index (χ0v) is 19.3. The van der Waals surface area contributed by atoms with Crippen molar-refractivity contribution in [3.8, 4) is 0 Å². The van der Waals surface area contributed by atoms with Gasteiger partial charge in [0.15, 0.2) is 6.17 Å². The van der Waals surface area contributed by atoms with Crippen LogP contribution in [0.3, 0.4) is 0 Å². The van der Waals surface area contributed by atoms with Gasteiger partial charge in [-0.25, -0.2) is 4.39 Å². The zero-order valence-electron chi connectivity index (χ0n) is 16.6. The fraction of sp³-hybridized carbons (Fsp3) is 1.00. The molecule has 170 valence electrons. The van der Waals surface area contributed by atoms with Crippen molar-refractivity contribution in [3.63, 3.8) is 0 Å². The molecule has 2 saturated heterocycles. The van der Waals surface area contributed by atoms with E-state index in [9.17, 15) is 14.1 Å². The van der Waals surface area contributed by atoms with Gasteiger partial charge >= 0.3 is 14.3 Å². The first-order chi connectivity index (χ1) is 13.7. The van der Waals surface area contributed by atoms with E-state index in [0.29, 0.717) is 0 Å². The second-order valence-electron chi connectivity index (χ2n) is 7.29. The van der Waals surface area contributed by atoms with Crippen LogP contribution in [0.4, 0.5) is 4.39 Å². The lowest BCUT2D eigenvalue weighted by molar-refractivity contribution is -0.0763. The van der Waals surface area contributed by atoms with Crippen molar-refractivity contribution >= 4 is 41.8 Å². The third-order valence-corrected chi connectivity index (χ3v) is 6.37. The number of hydrogen-bond acceptors (Lipinski definition) is 9. The van der Waals surface area contributed by atoms with Crippen molar-refractivity contribution in [2.24, 2.45) is 0 Å². The van der Waals surface area contributed by atoms with Crippen LogP contribution in [-0.2, 0) is 44.2 Å². The van der Waals surface area contributed by atoms with E-state index in [1.165, 1.54) is 0 Å². The summed E-state index contributed by atoms with van der Waals surface area (Å²) in [7, 11) is 7.50. The summed E-state index contributed by atoms with van der Waals surface area (Å²) in [6.45, 7) is -0.253. The lowest BCUT2D eigenvalue weighted by Crippen LogP contribution is -2.39. The van der Waals surface area contributed by atoms with Crippen LogP contribution in [0.25, 0.3) is 0 Å². The molecule has 9 atom stereocenters. The van der Waals surface area contributed by atoms with Crippen LogP contribution in [-0.4, -0.2) is 105 Å². The van der Waals surface area contributed by atoms with Gasteiger partial charge in [0.1, 0.15) is 46.2 Å². The van der Waals surface area contributed by atoms with Gasteiger partial charge in [0.05, 0.1) is 19.3 Å². The Bertz CT molecular complexity index is 673. The second kappa shape index (κ2) is 10.7. The molecule has 3 N–H and O–H groups in total. The van der Waals surface area contributed by atoms with Crippen LogP contribution >= 0.6 is 14.3 Å². The highest BCUT2D eigenvalue weighted by Crippen LogP contribution is 2.49. The standard InChI is InChI=1S/C14H25B2FO10P2S/c1-6(2)24-11-8(26-13(15)10(11)18)5-22-28(3,19)27-12-9(17)7(25-14(12)16)4-23-29(20,21)30/h6-14,18H,4-5H2,1-3H3,(H2,20,21,30)/t7-,8-,9?,10+,11?,12+,13-,14-,28?/m1/s1. The van der Waals surface area contributed by atoms with Crippen molar-refractivity contribution in [1.82, 2.24) is 0 Å². The Labute approximate surface area is 182 Å². The van der Waals surface area contributed by atoms with E-state index < -0.39 is 69.6 Å². The Morgan fingerprint density at radius 2 is 1.67 bits per heavy atom. The van der Waals surface area contributed by atoms with Gasteiger partial charge in [-0.2, -0.15) is 0 Å². The minimum absolute atomic E-state index is 0.236. The maximum atomic E-state index is 14.6. The molecule has 0 spiro atoms. The molecule has 0 aromatic carbocycles. The summed E-state index contributed by atoms with van der Waals surface area (Å²) < 4.78 is 58.5. The van der Waals surface area contributed by atoms with E-state index in [4.69, 9.17) is 48.7 Å². The van der Waals surface area contributed by atoms with Crippen LogP contribution in [0.1, 0.15) is 13.8 Å². The Morgan fingerprint density at radius 3 is 2.23 bits per heavy atom. The monoisotopic (exact) mass is 488 g/mol. The fourth-order valence-corrected chi connectivity index (χ4v) is 4.69. The van der Waals surface area contributed by atoms with Crippen molar-refractivity contribution < 1.29 is 51.6 Å². The van der Waals surface area contributed by atoms with E-state index >= 15 is 0 Å². The summed E-state index contributed by atoms with van der Waals surface area (Å²) in [5.41, 5.74) is 0. The molecule has 3 unspecified atom stereocenters. The van der Waals surface area contributed by atoms with Gasteiger partial charge in [-0.1, -0.05) is 0 Å². The van der Waals surface area contributed by atoms with E-state index in [1.54, 1.807) is 13.8 Å². The van der Waals surface area contributed by atoms with Crippen molar-refractivity contribution in [2.45, 2.75) is 68.6 Å². The lowest BCUT2D eigenvalue weighted by atomic mass is 9.93. The summed E-state index contributed by atoms with van der Waals surface area (Å²) in [5.74, 6) is 0. The third-order valence-electron chi connectivity index (χ3n) is 4.32. The van der Waals surface area contributed by atoms with E-state index in [0.717, 1.165) is 6.66 Å². The number of aliphatic hydroxyl groups excluding tert-OH is 1. The first kappa shape index (κ1) is 26.8. The van der Waals surface area contributed by atoms with Gasteiger partial charge in [-0.3, -0.25) is 4.57 Å². The van der Waals surface area contributed by atoms with Crippen molar-refractivity contribution in [1.29, 1.82) is 0 Å². The molecule has 4 radical (unpaired) electrons. The molecule has 2 heterocycles. The topological polar surface area (TPSA) is 133 Å². The summed E-state index contributed by atoms with van der Waals surface area (Å²) in [6, 6.07) is -2.32. The maximum absolute atomic E-state index is 14.6. The molecule has 16 heteroatoms. The lowest BCUT2D eigenvalue weighted by Gasteiger charge is -2.26. The fourth-order valence-electron chi connectivity index (χ4n) is 3.01. The highest BCUT2D eigenvalue weighted by Gasteiger charge is 2.47. The normalized spacial score (nSPS) is 39.5. The molecule has 2 aliphatic rings. The van der Waals surface area contributed by atoms with Gasteiger partial charge < -0.3 is 42.7 Å². The van der Waals surface area contributed by atoms with E-state index in [-0.39, 0.29) is 12.7 Å². The second-order valence-corrected chi connectivity index (χ2v) is 12.0. The van der Waals surface area contributed by atoms with Crippen LogP contribution in [0.2, 0.25) is 0 Å². The average Bonchev–Trinajstić information content (AvgIpc) is 3.01. The number of ether oxygens (including phenoxy) is 3. The highest BCUT2D eigenvalue weighted by atomic mass is 32.5. The van der Waals surface area contributed by atoms with Crippen LogP contribution in [0.5, 0.6) is 0 Å². The highest BCUT2D eigenvalue weighted by molar-refractivity contribution is 8.06. The molecule has 2 fully saturated rings. The first-order valence-electron chi connectivity index (χ1n) is 9.10. The molecule has 0 bridgehead atoms. The number of hydrogen-bond donors (Lipinski definition) is 3. The molecule has 0 amide bonds. The Balaban J connectivity index is 1.93. The predicted molar refractivity (Wildman–Crippen MR) is 109 cm³/mol. The quantitative estimate of drug-likeness (QED) is 0.277. The number of alkyl halides is 1. The summed E-state index contributed by atoms with van der Waals surface area (Å²) >= 11 is 4.29. The Hall–Kier alpha value is 0.580. The number of rotatable bonds is 10. The molecule has 0 aromatic heterocycles. The third kappa shape index (κ3) is 7.57. The molecule has 2 rings (SSSR count). The number of aliphatic hydroxyl groups is 1. The Morgan fingerprint density at radius 1 is 1.10 bits per heavy atom.